The fraction of sp³-hybridized carbons (Fsp3) is 0.810. The first-order valence-corrected chi connectivity index (χ1v) is 20.9. The predicted molar refractivity (Wildman–Crippen MR) is 208 cm³/mol. The van der Waals surface area contributed by atoms with Gasteiger partial charge in [0.15, 0.2) is 0 Å². The molecule has 0 bridgehead atoms. The van der Waals surface area contributed by atoms with E-state index in [9.17, 15) is 14.7 Å². The van der Waals surface area contributed by atoms with Crippen LogP contribution in [-0.2, 0) is 35.0 Å². The van der Waals surface area contributed by atoms with Gasteiger partial charge in [0.25, 0.3) is 0 Å². The minimum Gasteiger partial charge on any atom is -0.391 e. The van der Waals surface area contributed by atoms with Crippen molar-refractivity contribution in [3.63, 3.8) is 0 Å². The van der Waals surface area contributed by atoms with Gasteiger partial charge in [0.05, 0.1) is 31.5 Å². The molecule has 0 radical (unpaired) electrons. The topological polar surface area (TPSA) is 122 Å². The van der Waals surface area contributed by atoms with Crippen LogP contribution in [0, 0.1) is 17.8 Å². The standard InChI is InChI=1S/C42H72N4O7/c1-5-6-17-39(53-40(29-34-15-11-8-12-16-34)46-21-18-35(19-22-46)52-31-50-4)42(49)44-37(28-33-13-9-7-10-14-33)38(47)30-36(32(2)3)41(48)43-20-23-45-24-26-51-27-25-45/h8,11-12,15-16,32-33,35-40,47H,5-7,9-10,13-14,17-31H2,1-4H3,(H,43,48)(H,44,49)/t36-,37-,38-,39-,40-/m0/s1. The van der Waals surface area contributed by atoms with E-state index in [1.54, 1.807) is 7.11 Å². The summed E-state index contributed by atoms with van der Waals surface area (Å²) in [6, 6.07) is 9.89. The summed E-state index contributed by atoms with van der Waals surface area (Å²) in [5, 5.41) is 18.4. The van der Waals surface area contributed by atoms with Crippen LogP contribution in [0.3, 0.4) is 0 Å². The van der Waals surface area contributed by atoms with Gasteiger partial charge in [0, 0.05) is 58.7 Å². The molecule has 302 valence electrons. The van der Waals surface area contributed by atoms with E-state index >= 15 is 0 Å². The van der Waals surface area contributed by atoms with Crippen molar-refractivity contribution >= 4 is 11.8 Å². The lowest BCUT2D eigenvalue weighted by Crippen LogP contribution is -2.53. The minimum absolute atomic E-state index is 0.0284. The molecule has 11 heteroatoms. The highest BCUT2D eigenvalue weighted by Gasteiger charge is 2.35. The molecule has 1 aliphatic carbocycles. The highest BCUT2D eigenvalue weighted by atomic mass is 16.7. The van der Waals surface area contributed by atoms with Gasteiger partial charge in [-0.3, -0.25) is 19.4 Å². The Labute approximate surface area is 320 Å². The Kier molecular flexibility index (Phi) is 20.1. The molecule has 3 fully saturated rings. The quantitative estimate of drug-likeness (QED) is 0.131. The van der Waals surface area contributed by atoms with Gasteiger partial charge in [0.2, 0.25) is 11.8 Å². The lowest BCUT2D eigenvalue weighted by molar-refractivity contribution is -0.157. The lowest BCUT2D eigenvalue weighted by atomic mass is 9.81. The average molecular weight is 745 g/mol. The number of ether oxygens (including phenoxy) is 4. The van der Waals surface area contributed by atoms with Crippen LogP contribution in [-0.4, -0.2) is 124 Å². The number of morpholine rings is 1. The maximum Gasteiger partial charge on any atom is 0.249 e. The Hall–Kier alpha value is -2.12. The van der Waals surface area contributed by atoms with Crippen molar-refractivity contribution in [2.45, 2.75) is 135 Å². The summed E-state index contributed by atoms with van der Waals surface area (Å²) in [5.41, 5.74) is 1.17. The number of likely N-dealkylation sites (tertiary alicyclic amines) is 1. The Bertz CT molecular complexity index is 1140. The van der Waals surface area contributed by atoms with E-state index in [2.05, 4.69) is 39.5 Å². The number of unbranched alkanes of at least 4 members (excludes halogenated alkanes) is 1. The second kappa shape index (κ2) is 24.4. The number of amides is 2. The average Bonchev–Trinajstić information content (AvgIpc) is 3.18. The zero-order valence-electron chi connectivity index (χ0n) is 33.4. The van der Waals surface area contributed by atoms with E-state index in [4.69, 9.17) is 18.9 Å². The first kappa shape index (κ1) is 43.6. The number of carbonyl (C=O) groups is 2. The third kappa shape index (κ3) is 15.5. The number of hydrogen-bond acceptors (Lipinski definition) is 9. The molecule has 2 aliphatic heterocycles. The van der Waals surface area contributed by atoms with Crippen LogP contribution in [0.4, 0.5) is 0 Å². The van der Waals surface area contributed by atoms with E-state index in [-0.39, 0.29) is 36.0 Å². The first-order chi connectivity index (χ1) is 25.8. The molecule has 0 spiro atoms. The number of piperidine rings is 1. The van der Waals surface area contributed by atoms with Gasteiger partial charge in [-0.25, -0.2) is 0 Å². The summed E-state index contributed by atoms with van der Waals surface area (Å²) in [6.45, 7) is 12.7. The molecule has 1 aromatic carbocycles. The van der Waals surface area contributed by atoms with Crippen molar-refractivity contribution in [3.8, 4) is 0 Å². The fourth-order valence-electron chi connectivity index (χ4n) is 8.18. The number of nitrogens with zero attached hydrogens (tertiary/aromatic N) is 2. The molecule has 2 heterocycles. The Morgan fingerprint density at radius 3 is 2.36 bits per heavy atom. The third-order valence-corrected chi connectivity index (χ3v) is 11.6. The summed E-state index contributed by atoms with van der Waals surface area (Å²) in [6.07, 6.45) is 10.0. The van der Waals surface area contributed by atoms with E-state index in [0.717, 1.165) is 84.5 Å². The zero-order valence-corrected chi connectivity index (χ0v) is 33.4. The van der Waals surface area contributed by atoms with Gasteiger partial charge in [-0.05, 0) is 49.5 Å². The van der Waals surface area contributed by atoms with Gasteiger partial charge >= 0.3 is 0 Å². The van der Waals surface area contributed by atoms with Crippen molar-refractivity contribution in [1.29, 1.82) is 0 Å². The first-order valence-electron chi connectivity index (χ1n) is 20.9. The van der Waals surface area contributed by atoms with Crippen LogP contribution in [0.5, 0.6) is 0 Å². The van der Waals surface area contributed by atoms with Crippen molar-refractivity contribution < 1.29 is 33.6 Å². The summed E-state index contributed by atoms with van der Waals surface area (Å²) in [4.78, 5) is 32.6. The molecule has 0 aromatic heterocycles. The zero-order chi connectivity index (χ0) is 37.8. The highest BCUT2D eigenvalue weighted by Crippen LogP contribution is 2.30. The summed E-state index contributed by atoms with van der Waals surface area (Å²) in [7, 11) is 1.65. The molecule has 3 aliphatic rings. The van der Waals surface area contributed by atoms with Crippen LogP contribution >= 0.6 is 0 Å². The maximum atomic E-state index is 14.4. The normalized spacial score (nSPS) is 21.2. The summed E-state index contributed by atoms with van der Waals surface area (Å²) in [5.74, 6) is -0.0720. The molecule has 1 aromatic rings. The number of nitrogens with one attached hydrogen (secondary N) is 2. The van der Waals surface area contributed by atoms with Crippen LogP contribution in [0.15, 0.2) is 30.3 Å². The Morgan fingerprint density at radius 1 is 0.981 bits per heavy atom. The number of benzene rings is 1. The molecule has 3 N–H and O–H groups in total. The van der Waals surface area contributed by atoms with E-state index in [1.807, 2.05) is 32.0 Å². The largest absolute Gasteiger partial charge is 0.391 e. The van der Waals surface area contributed by atoms with E-state index in [1.165, 1.54) is 24.8 Å². The smallest absolute Gasteiger partial charge is 0.249 e. The minimum atomic E-state index is -0.851. The van der Waals surface area contributed by atoms with Gasteiger partial charge in [0.1, 0.15) is 19.1 Å². The highest BCUT2D eigenvalue weighted by molar-refractivity contribution is 5.81. The number of rotatable bonds is 23. The third-order valence-electron chi connectivity index (χ3n) is 11.6. The van der Waals surface area contributed by atoms with Crippen molar-refractivity contribution in [1.82, 2.24) is 20.4 Å². The lowest BCUT2D eigenvalue weighted by Gasteiger charge is -2.39. The molecular weight excluding hydrogens is 672 g/mol. The second-order valence-electron chi connectivity index (χ2n) is 16.0. The van der Waals surface area contributed by atoms with Crippen LogP contribution in [0.1, 0.15) is 103 Å². The van der Waals surface area contributed by atoms with Crippen LogP contribution in [0.2, 0.25) is 0 Å². The van der Waals surface area contributed by atoms with Gasteiger partial charge in [-0.15, -0.1) is 0 Å². The molecule has 2 amide bonds. The molecule has 1 saturated carbocycles. The van der Waals surface area contributed by atoms with E-state index in [0.29, 0.717) is 44.9 Å². The molecular formula is C42H72N4O7. The van der Waals surface area contributed by atoms with Crippen molar-refractivity contribution in [2.24, 2.45) is 17.8 Å². The van der Waals surface area contributed by atoms with Crippen LogP contribution < -0.4 is 10.6 Å². The monoisotopic (exact) mass is 745 g/mol. The fourth-order valence-corrected chi connectivity index (χ4v) is 8.18. The molecule has 4 rings (SSSR count). The maximum absolute atomic E-state index is 14.4. The molecule has 0 unspecified atom stereocenters. The van der Waals surface area contributed by atoms with Crippen molar-refractivity contribution in [2.75, 3.05) is 66.4 Å². The number of aliphatic hydroxyl groups excluding tert-OH is 1. The van der Waals surface area contributed by atoms with Gasteiger partial charge in [-0.1, -0.05) is 96.0 Å². The van der Waals surface area contributed by atoms with Gasteiger partial charge < -0.3 is 34.7 Å². The summed E-state index contributed by atoms with van der Waals surface area (Å²) >= 11 is 0. The molecule has 2 saturated heterocycles. The second-order valence-corrected chi connectivity index (χ2v) is 16.0. The van der Waals surface area contributed by atoms with Crippen molar-refractivity contribution in [3.05, 3.63) is 35.9 Å². The Morgan fingerprint density at radius 2 is 1.70 bits per heavy atom. The molecule has 53 heavy (non-hydrogen) atoms. The SMILES string of the molecule is CCCC[C@H](O[C@@H](Cc1ccccc1)N1CCC(OCOC)CC1)C(=O)N[C@@H](CC1CCCCC1)[C@@H](O)C[C@H](C(=O)NCCN1CCOCC1)C(C)C. The molecule has 11 nitrogen and oxygen atoms in total. The van der Waals surface area contributed by atoms with E-state index < -0.39 is 18.2 Å². The van der Waals surface area contributed by atoms with Crippen LogP contribution in [0.25, 0.3) is 0 Å². The summed E-state index contributed by atoms with van der Waals surface area (Å²) < 4.78 is 23.4. The number of methoxy groups -OCH3 is 1. The number of carbonyl (C=O) groups excluding carboxylic acids is 2. The van der Waals surface area contributed by atoms with Gasteiger partial charge in [-0.2, -0.15) is 0 Å². The number of aliphatic hydroxyl groups is 1. The number of hydrogen-bond donors (Lipinski definition) is 3. The predicted octanol–water partition coefficient (Wildman–Crippen LogP) is 5.14. The Balaban J connectivity index is 1.46. The molecule has 5 atom stereocenters.